The second-order valence-electron chi connectivity index (χ2n) is 9.80. The number of carbonyl (C=O) groups is 2. The monoisotopic (exact) mass is 589 g/mol. The van der Waals surface area contributed by atoms with Gasteiger partial charge in [-0.05, 0) is 24.3 Å². The molecule has 2 amide bonds. The van der Waals surface area contributed by atoms with E-state index in [1.165, 1.54) is 35.4 Å². The number of benzene rings is 2. The number of pyridine rings is 1. The van der Waals surface area contributed by atoms with Gasteiger partial charge in [0.2, 0.25) is 5.91 Å². The molecule has 6 rings (SSSR count). The first-order chi connectivity index (χ1) is 20.9. The molecule has 0 atom stereocenters. The number of nitrogens with zero attached hydrogens (tertiary/aromatic N) is 5. The maximum Gasteiger partial charge on any atom is 0.270 e. The molecular weight excluding hydrogens is 564 g/mol. The Balaban J connectivity index is 1.03. The fourth-order valence-electron chi connectivity index (χ4n) is 4.82. The van der Waals surface area contributed by atoms with E-state index in [-0.39, 0.29) is 79.1 Å². The van der Waals surface area contributed by atoms with E-state index in [1.807, 2.05) is 0 Å². The van der Waals surface area contributed by atoms with E-state index in [0.717, 1.165) is 0 Å². The number of hydrogen-bond donors (Lipinski definition) is 3. The molecule has 220 valence electrons. The molecule has 3 aromatic heterocycles. The van der Waals surface area contributed by atoms with Crippen molar-refractivity contribution in [2.24, 2.45) is 0 Å². The van der Waals surface area contributed by atoms with Crippen molar-refractivity contribution in [2.75, 3.05) is 42.9 Å². The van der Waals surface area contributed by atoms with Crippen molar-refractivity contribution in [2.45, 2.75) is 6.54 Å². The highest BCUT2D eigenvalue weighted by molar-refractivity contribution is 5.97. The maximum absolute atomic E-state index is 15.2. The molecule has 4 heterocycles. The van der Waals surface area contributed by atoms with Crippen molar-refractivity contribution < 1.29 is 32.5 Å². The Hall–Kier alpha value is -5.53. The minimum absolute atomic E-state index is 0.0521. The predicted molar refractivity (Wildman–Crippen MR) is 150 cm³/mol. The normalized spacial score (nSPS) is 13.3. The number of nitrogens with one attached hydrogen (secondary N) is 2. The van der Waals surface area contributed by atoms with Crippen LogP contribution in [0.3, 0.4) is 0 Å². The molecule has 0 radical (unpaired) electrons. The number of hydrogen-bond acceptors (Lipinski definition) is 10. The molecule has 0 unspecified atom stereocenters. The van der Waals surface area contributed by atoms with E-state index in [4.69, 9.17) is 9.05 Å². The number of halogens is 2. The molecule has 3 N–H and O–H groups in total. The standard InChI is InChI=1S/C29H25F2N7O5/c30-20-12-18(23-14-19(43-35-23)15-32-25-6-11-42-36-25)13-21(31)28(20)38-9-7-37(8-10-38)26(40)16-33-29(41)22-5-4-17-2-1-3-24(39)27(17)34-22/h1-6,11-14,39H,7-10,15-16H2,(H,32,36)(H,33,41). The number of aromatic hydroxyl groups is 1. The Kier molecular flexibility index (Phi) is 7.56. The lowest BCUT2D eigenvalue weighted by molar-refractivity contribution is -0.130. The molecule has 5 aromatic rings. The summed E-state index contributed by atoms with van der Waals surface area (Å²) >= 11 is 0. The van der Waals surface area contributed by atoms with Crippen LogP contribution in [0.25, 0.3) is 22.2 Å². The lowest BCUT2D eigenvalue weighted by Crippen LogP contribution is -2.51. The Morgan fingerprint density at radius 3 is 2.51 bits per heavy atom. The molecule has 14 heteroatoms. The van der Waals surface area contributed by atoms with Gasteiger partial charge in [-0.3, -0.25) is 9.59 Å². The molecule has 0 bridgehead atoms. The number of phenols is 1. The number of fused-ring (bicyclic) bond motifs is 1. The number of anilines is 2. The summed E-state index contributed by atoms with van der Waals surface area (Å²) in [5.41, 5.74) is 0.648. The number of para-hydroxylation sites is 1. The first-order valence-electron chi connectivity index (χ1n) is 13.3. The van der Waals surface area contributed by atoms with E-state index in [2.05, 4.69) is 25.9 Å². The van der Waals surface area contributed by atoms with E-state index < -0.39 is 17.5 Å². The SMILES string of the molecule is O=C(NCC(=O)N1CCN(c2c(F)cc(-c3cc(CNc4ccon4)on3)cc2F)CC1)c1ccc2cccc(O)c2n1. The largest absolute Gasteiger partial charge is 0.506 e. The van der Waals surface area contributed by atoms with E-state index in [1.54, 1.807) is 35.2 Å². The molecule has 43 heavy (non-hydrogen) atoms. The fraction of sp³-hybridized carbons (Fsp3) is 0.207. The summed E-state index contributed by atoms with van der Waals surface area (Å²) in [5.74, 6) is -1.54. The minimum atomic E-state index is -0.763. The van der Waals surface area contributed by atoms with Crippen LogP contribution in [-0.2, 0) is 11.3 Å². The quantitative estimate of drug-likeness (QED) is 0.245. The number of aromatic nitrogens is 3. The third-order valence-electron chi connectivity index (χ3n) is 7.03. The zero-order valence-electron chi connectivity index (χ0n) is 22.6. The van der Waals surface area contributed by atoms with Crippen LogP contribution < -0.4 is 15.5 Å². The van der Waals surface area contributed by atoms with Crippen LogP contribution >= 0.6 is 0 Å². The second-order valence-corrected chi connectivity index (χ2v) is 9.80. The average Bonchev–Trinajstić information content (AvgIpc) is 3.71. The van der Waals surface area contributed by atoms with Gasteiger partial charge in [-0.1, -0.05) is 28.5 Å². The summed E-state index contributed by atoms with van der Waals surface area (Å²) in [7, 11) is 0. The van der Waals surface area contributed by atoms with E-state index in [9.17, 15) is 14.7 Å². The van der Waals surface area contributed by atoms with Crippen molar-refractivity contribution in [3.8, 4) is 17.0 Å². The number of amides is 2. The summed E-state index contributed by atoms with van der Waals surface area (Å²) in [4.78, 5) is 32.6. The van der Waals surface area contributed by atoms with Crippen molar-refractivity contribution >= 4 is 34.2 Å². The van der Waals surface area contributed by atoms with Crippen LogP contribution in [0.2, 0.25) is 0 Å². The van der Waals surface area contributed by atoms with Gasteiger partial charge >= 0.3 is 0 Å². The number of piperazine rings is 1. The Morgan fingerprint density at radius 1 is 0.977 bits per heavy atom. The average molecular weight is 590 g/mol. The van der Waals surface area contributed by atoms with Crippen LogP contribution in [-0.4, -0.2) is 69.8 Å². The first kappa shape index (κ1) is 27.6. The van der Waals surface area contributed by atoms with Gasteiger partial charge in [-0.15, -0.1) is 0 Å². The third kappa shape index (κ3) is 5.93. The Bertz CT molecular complexity index is 1760. The van der Waals surface area contributed by atoms with Gasteiger partial charge in [-0.2, -0.15) is 0 Å². The molecule has 0 spiro atoms. The van der Waals surface area contributed by atoms with Crippen molar-refractivity contribution in [3.63, 3.8) is 0 Å². The highest BCUT2D eigenvalue weighted by Crippen LogP contribution is 2.30. The van der Waals surface area contributed by atoms with Gasteiger partial charge in [0.25, 0.3) is 5.91 Å². The molecule has 12 nitrogen and oxygen atoms in total. The molecule has 2 aromatic carbocycles. The Labute approximate surface area is 242 Å². The van der Waals surface area contributed by atoms with Crippen LogP contribution in [0.1, 0.15) is 16.2 Å². The summed E-state index contributed by atoms with van der Waals surface area (Å²) in [6, 6.07) is 13.7. The first-order valence-corrected chi connectivity index (χ1v) is 13.3. The summed E-state index contributed by atoms with van der Waals surface area (Å²) in [6.45, 7) is 0.788. The molecule has 1 saturated heterocycles. The van der Waals surface area contributed by atoms with Crippen LogP contribution in [0.4, 0.5) is 20.3 Å². The van der Waals surface area contributed by atoms with Gasteiger partial charge in [0.05, 0.1) is 13.1 Å². The molecule has 1 aliphatic rings. The van der Waals surface area contributed by atoms with Crippen LogP contribution in [0.5, 0.6) is 5.75 Å². The molecule has 0 saturated carbocycles. The summed E-state index contributed by atoms with van der Waals surface area (Å²) in [5, 5.41) is 23.8. The number of phenolic OH excluding ortho intramolecular Hbond substituents is 1. The van der Waals surface area contributed by atoms with Crippen molar-refractivity contribution in [1.29, 1.82) is 0 Å². The highest BCUT2D eigenvalue weighted by atomic mass is 19.1. The zero-order chi connectivity index (χ0) is 29.9. The van der Waals surface area contributed by atoms with Crippen LogP contribution in [0, 0.1) is 11.6 Å². The van der Waals surface area contributed by atoms with Crippen LogP contribution in [0.15, 0.2) is 69.9 Å². The predicted octanol–water partition coefficient (Wildman–Crippen LogP) is 3.55. The smallest absolute Gasteiger partial charge is 0.270 e. The van der Waals surface area contributed by atoms with E-state index >= 15 is 8.78 Å². The maximum atomic E-state index is 15.2. The molecule has 0 aliphatic carbocycles. The Morgan fingerprint density at radius 2 is 1.77 bits per heavy atom. The van der Waals surface area contributed by atoms with Gasteiger partial charge in [-0.25, -0.2) is 13.8 Å². The third-order valence-corrected chi connectivity index (χ3v) is 7.03. The van der Waals surface area contributed by atoms with Gasteiger partial charge < -0.3 is 34.6 Å². The fourth-order valence-corrected chi connectivity index (χ4v) is 4.82. The lowest BCUT2D eigenvalue weighted by Gasteiger charge is -2.36. The van der Waals surface area contributed by atoms with Gasteiger partial charge in [0.15, 0.2) is 11.6 Å². The van der Waals surface area contributed by atoms with Gasteiger partial charge in [0, 0.05) is 49.3 Å². The number of rotatable bonds is 8. The highest BCUT2D eigenvalue weighted by Gasteiger charge is 2.26. The van der Waals surface area contributed by atoms with E-state index in [0.29, 0.717) is 17.0 Å². The summed E-state index contributed by atoms with van der Waals surface area (Å²) < 4.78 is 40.3. The minimum Gasteiger partial charge on any atom is -0.506 e. The second kappa shape index (κ2) is 11.8. The topological polar surface area (TPSA) is 150 Å². The summed E-state index contributed by atoms with van der Waals surface area (Å²) in [6.07, 6.45) is 1.42. The molecule has 1 fully saturated rings. The van der Waals surface area contributed by atoms with Crippen molar-refractivity contribution in [3.05, 3.63) is 83.9 Å². The lowest BCUT2D eigenvalue weighted by atomic mass is 10.1. The number of carbonyl (C=O) groups excluding carboxylic acids is 2. The van der Waals surface area contributed by atoms with Crippen molar-refractivity contribution in [1.82, 2.24) is 25.5 Å². The molecular formula is C29H25F2N7O5. The van der Waals surface area contributed by atoms with Gasteiger partial charge in [0.1, 0.15) is 46.2 Å². The molecule has 1 aliphatic heterocycles. The zero-order valence-corrected chi connectivity index (χ0v) is 22.6.